The van der Waals surface area contributed by atoms with Crippen LogP contribution in [0.1, 0.15) is 16.0 Å². The van der Waals surface area contributed by atoms with Crippen LogP contribution in [0.3, 0.4) is 0 Å². The zero-order chi connectivity index (χ0) is 12.3. The summed E-state index contributed by atoms with van der Waals surface area (Å²) in [5.74, 6) is 0. The molecule has 0 saturated heterocycles. The normalized spacial score (nSPS) is 10.7. The number of nitrogen functional groups attached to an aromatic ring is 1. The van der Waals surface area contributed by atoms with Crippen molar-refractivity contribution in [1.82, 2.24) is 5.32 Å². The summed E-state index contributed by atoms with van der Waals surface area (Å²) in [6, 6.07) is 8.15. The maximum Gasteiger partial charge on any atom is 0.0328 e. The second kappa shape index (κ2) is 5.67. The summed E-state index contributed by atoms with van der Waals surface area (Å²) < 4.78 is 1.03. The Morgan fingerprint density at radius 3 is 2.76 bits per heavy atom. The molecule has 2 aromatic rings. The Kier molecular flexibility index (Phi) is 4.20. The fourth-order valence-electron chi connectivity index (χ4n) is 1.68. The Hall–Kier alpha value is -0.840. The first kappa shape index (κ1) is 12.6. The molecule has 1 aromatic carbocycles. The Labute approximate surface area is 114 Å². The van der Waals surface area contributed by atoms with E-state index in [9.17, 15) is 0 Å². The van der Waals surface area contributed by atoms with Crippen LogP contribution in [0.15, 0.2) is 34.1 Å². The van der Waals surface area contributed by atoms with Crippen LogP contribution in [-0.2, 0) is 13.1 Å². The van der Waals surface area contributed by atoms with Crippen LogP contribution in [0.4, 0.5) is 5.69 Å². The summed E-state index contributed by atoms with van der Waals surface area (Å²) in [4.78, 5) is 1.40. The molecule has 17 heavy (non-hydrogen) atoms. The first-order chi connectivity index (χ1) is 8.15. The molecule has 0 radical (unpaired) electrons. The number of nitrogens with two attached hydrogens (primary N) is 1. The van der Waals surface area contributed by atoms with Gasteiger partial charge in [0.15, 0.2) is 0 Å². The summed E-state index contributed by atoms with van der Waals surface area (Å²) in [6.45, 7) is 3.89. The second-order valence-electron chi connectivity index (χ2n) is 4.02. The molecular formula is C13H15BrN2S. The van der Waals surface area contributed by atoms with Crippen molar-refractivity contribution < 1.29 is 0 Å². The van der Waals surface area contributed by atoms with Crippen molar-refractivity contribution in [3.8, 4) is 0 Å². The van der Waals surface area contributed by atoms with E-state index in [-0.39, 0.29) is 0 Å². The van der Waals surface area contributed by atoms with Gasteiger partial charge < -0.3 is 11.1 Å². The molecule has 0 aliphatic heterocycles. The molecule has 2 rings (SSSR count). The van der Waals surface area contributed by atoms with Gasteiger partial charge >= 0.3 is 0 Å². The van der Waals surface area contributed by atoms with Crippen molar-refractivity contribution in [1.29, 1.82) is 0 Å². The van der Waals surface area contributed by atoms with Crippen molar-refractivity contribution in [2.75, 3.05) is 5.73 Å². The average Bonchev–Trinajstić information content (AvgIpc) is 2.63. The third kappa shape index (κ3) is 3.56. The number of halogens is 1. The maximum atomic E-state index is 5.79. The minimum atomic E-state index is 0.795. The fraction of sp³-hybridized carbons (Fsp3) is 0.231. The van der Waals surface area contributed by atoms with Crippen LogP contribution in [0.25, 0.3) is 0 Å². The number of nitrogens with one attached hydrogen (secondary N) is 1. The number of hydrogen-bond donors (Lipinski definition) is 2. The van der Waals surface area contributed by atoms with Gasteiger partial charge in [-0.25, -0.2) is 0 Å². The molecule has 0 spiro atoms. The van der Waals surface area contributed by atoms with E-state index in [0.29, 0.717) is 0 Å². The molecule has 0 atom stereocenters. The summed E-state index contributed by atoms with van der Waals surface area (Å²) in [7, 11) is 0. The van der Waals surface area contributed by atoms with Crippen molar-refractivity contribution >= 4 is 33.0 Å². The maximum absolute atomic E-state index is 5.79. The first-order valence-electron chi connectivity index (χ1n) is 5.44. The summed E-state index contributed by atoms with van der Waals surface area (Å²) in [5.41, 5.74) is 9.15. The van der Waals surface area contributed by atoms with Crippen LogP contribution in [0.2, 0.25) is 0 Å². The molecule has 4 heteroatoms. The van der Waals surface area contributed by atoms with Gasteiger partial charge in [0.2, 0.25) is 0 Å². The molecule has 0 unspecified atom stereocenters. The fourth-order valence-corrected chi connectivity index (χ4v) is 3.12. The Balaban J connectivity index is 1.92. The number of hydrogen-bond acceptors (Lipinski definition) is 3. The van der Waals surface area contributed by atoms with Gasteiger partial charge in [0.1, 0.15) is 0 Å². The number of anilines is 1. The van der Waals surface area contributed by atoms with Crippen LogP contribution in [-0.4, -0.2) is 0 Å². The lowest BCUT2D eigenvalue weighted by molar-refractivity contribution is 0.698. The lowest BCUT2D eigenvalue weighted by atomic mass is 10.2. The molecule has 0 amide bonds. The Morgan fingerprint density at radius 1 is 1.29 bits per heavy atom. The van der Waals surface area contributed by atoms with Gasteiger partial charge in [-0.3, -0.25) is 0 Å². The average molecular weight is 311 g/mol. The molecule has 0 aliphatic rings. The Morgan fingerprint density at radius 2 is 2.12 bits per heavy atom. The molecule has 0 bridgehead atoms. The zero-order valence-electron chi connectivity index (χ0n) is 9.66. The minimum absolute atomic E-state index is 0.795. The summed E-state index contributed by atoms with van der Waals surface area (Å²) in [5, 5.41) is 5.56. The SMILES string of the molecule is Cc1ccsc1CNCc1cc(N)cc(Br)c1. The predicted molar refractivity (Wildman–Crippen MR) is 78.2 cm³/mol. The van der Waals surface area contributed by atoms with E-state index in [1.54, 1.807) is 11.3 Å². The number of thiophene rings is 1. The van der Waals surface area contributed by atoms with E-state index in [1.807, 2.05) is 12.1 Å². The van der Waals surface area contributed by atoms with Crippen LogP contribution >= 0.6 is 27.3 Å². The molecule has 3 N–H and O–H groups in total. The predicted octanol–water partition coefficient (Wildman–Crippen LogP) is 3.69. The molecule has 2 nitrogen and oxygen atoms in total. The van der Waals surface area contributed by atoms with Gasteiger partial charge in [0.05, 0.1) is 0 Å². The van der Waals surface area contributed by atoms with E-state index in [2.05, 4.69) is 45.7 Å². The Bertz CT molecular complexity index is 488. The molecule has 90 valence electrons. The lowest BCUT2D eigenvalue weighted by Gasteiger charge is -2.06. The first-order valence-corrected chi connectivity index (χ1v) is 7.11. The van der Waals surface area contributed by atoms with E-state index in [1.165, 1.54) is 16.0 Å². The highest BCUT2D eigenvalue weighted by Crippen LogP contribution is 2.18. The highest BCUT2D eigenvalue weighted by atomic mass is 79.9. The number of rotatable bonds is 4. The van der Waals surface area contributed by atoms with E-state index in [4.69, 9.17) is 5.73 Å². The van der Waals surface area contributed by atoms with Gasteiger partial charge in [-0.05, 0) is 47.7 Å². The number of benzene rings is 1. The minimum Gasteiger partial charge on any atom is -0.399 e. The third-order valence-electron chi connectivity index (χ3n) is 2.56. The van der Waals surface area contributed by atoms with Gasteiger partial charge in [-0.1, -0.05) is 15.9 Å². The smallest absolute Gasteiger partial charge is 0.0328 e. The van der Waals surface area contributed by atoms with Crippen molar-refractivity contribution in [3.63, 3.8) is 0 Å². The van der Waals surface area contributed by atoms with Crippen molar-refractivity contribution in [3.05, 3.63) is 50.1 Å². The third-order valence-corrected chi connectivity index (χ3v) is 4.04. The van der Waals surface area contributed by atoms with Gasteiger partial charge in [-0.2, -0.15) is 0 Å². The molecule has 0 aliphatic carbocycles. The van der Waals surface area contributed by atoms with Crippen LogP contribution in [0.5, 0.6) is 0 Å². The largest absolute Gasteiger partial charge is 0.399 e. The molecule has 0 fully saturated rings. The van der Waals surface area contributed by atoms with Crippen LogP contribution in [0, 0.1) is 6.92 Å². The molecule has 0 saturated carbocycles. The van der Waals surface area contributed by atoms with E-state index < -0.39 is 0 Å². The van der Waals surface area contributed by atoms with Gasteiger partial charge in [0.25, 0.3) is 0 Å². The molecule has 1 heterocycles. The van der Waals surface area contributed by atoms with Crippen molar-refractivity contribution in [2.24, 2.45) is 0 Å². The summed E-state index contributed by atoms with van der Waals surface area (Å²) >= 11 is 5.24. The quantitative estimate of drug-likeness (QED) is 0.845. The van der Waals surface area contributed by atoms with Crippen molar-refractivity contribution in [2.45, 2.75) is 20.0 Å². The second-order valence-corrected chi connectivity index (χ2v) is 5.94. The highest BCUT2D eigenvalue weighted by molar-refractivity contribution is 9.10. The molecule has 1 aromatic heterocycles. The monoisotopic (exact) mass is 310 g/mol. The van der Waals surface area contributed by atoms with Gasteiger partial charge in [0, 0.05) is 28.1 Å². The van der Waals surface area contributed by atoms with E-state index in [0.717, 1.165) is 23.2 Å². The zero-order valence-corrected chi connectivity index (χ0v) is 12.1. The topological polar surface area (TPSA) is 38.0 Å². The van der Waals surface area contributed by atoms with E-state index >= 15 is 0 Å². The highest BCUT2D eigenvalue weighted by Gasteiger charge is 2.00. The lowest BCUT2D eigenvalue weighted by Crippen LogP contribution is -2.12. The molecular weight excluding hydrogens is 296 g/mol. The summed E-state index contributed by atoms with van der Waals surface area (Å²) in [6.07, 6.45) is 0. The van der Waals surface area contributed by atoms with Gasteiger partial charge in [-0.15, -0.1) is 11.3 Å². The van der Waals surface area contributed by atoms with Crippen LogP contribution < -0.4 is 11.1 Å². The standard InChI is InChI=1S/C13H15BrN2S/c1-9-2-3-17-13(9)8-16-7-10-4-11(14)6-12(15)5-10/h2-6,16H,7-8,15H2,1H3. The number of aryl methyl sites for hydroxylation is 1.